The predicted octanol–water partition coefficient (Wildman–Crippen LogP) is 1.99. The summed E-state index contributed by atoms with van der Waals surface area (Å²) >= 11 is 0. The van der Waals surface area contributed by atoms with Gasteiger partial charge in [0, 0.05) is 13.7 Å². The van der Waals surface area contributed by atoms with Crippen molar-refractivity contribution in [2.45, 2.75) is 26.2 Å². The molecule has 0 saturated carbocycles. The van der Waals surface area contributed by atoms with Crippen molar-refractivity contribution in [3.05, 3.63) is 12.2 Å². The molecule has 3 nitrogen and oxygen atoms in total. The Kier molecular flexibility index (Phi) is 11.4. The summed E-state index contributed by atoms with van der Waals surface area (Å²) in [6.07, 6.45) is 3.36. The molecule has 0 rings (SSSR count). The Morgan fingerprint density at radius 1 is 1.13 bits per heavy atom. The molecule has 15 heavy (non-hydrogen) atoms. The lowest BCUT2D eigenvalue weighted by molar-refractivity contribution is 0.0688. The van der Waals surface area contributed by atoms with Crippen molar-refractivity contribution >= 4 is 0 Å². The van der Waals surface area contributed by atoms with Crippen LogP contribution in [0.3, 0.4) is 0 Å². The molecule has 0 aromatic heterocycles. The summed E-state index contributed by atoms with van der Waals surface area (Å²) in [5, 5.41) is 3.38. The SMILES string of the molecule is C=C(C)CCNCCCCOCCOC. The summed E-state index contributed by atoms with van der Waals surface area (Å²) in [5.41, 5.74) is 1.24. The Bertz CT molecular complexity index is 149. The van der Waals surface area contributed by atoms with Gasteiger partial charge in [0.05, 0.1) is 13.2 Å². The van der Waals surface area contributed by atoms with E-state index in [2.05, 4.69) is 18.8 Å². The molecule has 1 N–H and O–H groups in total. The van der Waals surface area contributed by atoms with Gasteiger partial charge >= 0.3 is 0 Å². The van der Waals surface area contributed by atoms with E-state index < -0.39 is 0 Å². The van der Waals surface area contributed by atoms with Crippen LogP contribution >= 0.6 is 0 Å². The molecular formula is C12H25NO2. The first kappa shape index (κ1) is 14.6. The number of ether oxygens (including phenoxy) is 2. The van der Waals surface area contributed by atoms with Gasteiger partial charge in [0.2, 0.25) is 0 Å². The Hall–Kier alpha value is -0.380. The van der Waals surface area contributed by atoms with E-state index in [0.29, 0.717) is 13.2 Å². The van der Waals surface area contributed by atoms with E-state index >= 15 is 0 Å². The Balaban J connectivity index is 2.89. The minimum Gasteiger partial charge on any atom is -0.382 e. The molecule has 0 bridgehead atoms. The zero-order chi connectivity index (χ0) is 11.4. The molecule has 0 spiro atoms. The highest BCUT2D eigenvalue weighted by molar-refractivity contribution is 4.87. The smallest absolute Gasteiger partial charge is 0.0700 e. The summed E-state index contributed by atoms with van der Waals surface area (Å²) in [7, 11) is 1.69. The number of hydrogen-bond acceptors (Lipinski definition) is 3. The minimum absolute atomic E-state index is 0.691. The van der Waals surface area contributed by atoms with E-state index in [9.17, 15) is 0 Å². The van der Waals surface area contributed by atoms with Gasteiger partial charge in [-0.3, -0.25) is 0 Å². The van der Waals surface area contributed by atoms with Gasteiger partial charge in [0.25, 0.3) is 0 Å². The molecule has 0 unspecified atom stereocenters. The van der Waals surface area contributed by atoms with Crippen molar-refractivity contribution in [2.75, 3.05) is 40.0 Å². The molecule has 90 valence electrons. The number of hydrogen-bond donors (Lipinski definition) is 1. The van der Waals surface area contributed by atoms with Gasteiger partial charge in [-0.25, -0.2) is 0 Å². The molecule has 0 amide bonds. The van der Waals surface area contributed by atoms with Crippen LogP contribution in [-0.4, -0.2) is 40.0 Å². The maximum absolute atomic E-state index is 5.35. The van der Waals surface area contributed by atoms with Crippen molar-refractivity contribution in [2.24, 2.45) is 0 Å². The first-order valence-corrected chi connectivity index (χ1v) is 5.69. The van der Waals surface area contributed by atoms with Gasteiger partial charge in [0.1, 0.15) is 0 Å². The molecule has 0 radical (unpaired) electrons. The van der Waals surface area contributed by atoms with Gasteiger partial charge in [0.15, 0.2) is 0 Å². The molecule has 3 heteroatoms. The average Bonchev–Trinajstić information content (AvgIpc) is 2.20. The van der Waals surface area contributed by atoms with Crippen molar-refractivity contribution in [3.63, 3.8) is 0 Å². The third-order valence-corrected chi connectivity index (χ3v) is 2.05. The van der Waals surface area contributed by atoms with E-state index in [0.717, 1.165) is 32.5 Å². The lowest BCUT2D eigenvalue weighted by Gasteiger charge is -2.05. The number of nitrogens with one attached hydrogen (secondary N) is 1. The third kappa shape index (κ3) is 13.6. The van der Waals surface area contributed by atoms with Crippen LogP contribution in [0, 0.1) is 0 Å². The van der Waals surface area contributed by atoms with Crippen LogP contribution in [0.15, 0.2) is 12.2 Å². The predicted molar refractivity (Wildman–Crippen MR) is 64.2 cm³/mol. The maximum atomic E-state index is 5.35. The maximum Gasteiger partial charge on any atom is 0.0700 e. The normalized spacial score (nSPS) is 10.5. The first-order valence-electron chi connectivity index (χ1n) is 5.69. The number of rotatable bonds is 11. The summed E-state index contributed by atoms with van der Waals surface area (Å²) < 4.78 is 10.2. The average molecular weight is 215 g/mol. The van der Waals surface area contributed by atoms with Crippen LogP contribution in [0.5, 0.6) is 0 Å². The molecule has 0 fully saturated rings. The van der Waals surface area contributed by atoms with E-state index in [1.807, 2.05) is 0 Å². The molecule has 0 aliphatic carbocycles. The quantitative estimate of drug-likeness (QED) is 0.422. The first-order chi connectivity index (χ1) is 7.27. The zero-order valence-electron chi connectivity index (χ0n) is 10.2. The monoisotopic (exact) mass is 215 g/mol. The lowest BCUT2D eigenvalue weighted by Crippen LogP contribution is -2.17. The second kappa shape index (κ2) is 11.7. The summed E-state index contributed by atoms with van der Waals surface area (Å²) in [6, 6.07) is 0. The minimum atomic E-state index is 0.691. The highest BCUT2D eigenvalue weighted by Crippen LogP contribution is 1.93. The van der Waals surface area contributed by atoms with Crippen molar-refractivity contribution in [1.29, 1.82) is 0 Å². The standard InChI is InChI=1S/C12H25NO2/c1-12(2)6-8-13-7-4-5-9-15-11-10-14-3/h13H,1,4-11H2,2-3H3. The fourth-order valence-corrected chi connectivity index (χ4v) is 1.13. The highest BCUT2D eigenvalue weighted by atomic mass is 16.5. The van der Waals surface area contributed by atoms with Crippen LogP contribution in [0.1, 0.15) is 26.2 Å². The van der Waals surface area contributed by atoms with E-state index in [4.69, 9.17) is 9.47 Å². The van der Waals surface area contributed by atoms with Crippen molar-refractivity contribution in [3.8, 4) is 0 Å². The van der Waals surface area contributed by atoms with Crippen molar-refractivity contribution in [1.82, 2.24) is 5.32 Å². The molecule has 0 aliphatic rings. The van der Waals surface area contributed by atoms with E-state index in [1.165, 1.54) is 12.0 Å². The molecule has 0 atom stereocenters. The fraction of sp³-hybridized carbons (Fsp3) is 0.833. The Morgan fingerprint density at radius 3 is 2.60 bits per heavy atom. The van der Waals surface area contributed by atoms with Crippen LogP contribution in [-0.2, 0) is 9.47 Å². The number of unbranched alkanes of at least 4 members (excludes halogenated alkanes) is 1. The molecule has 0 aromatic carbocycles. The van der Waals surface area contributed by atoms with Gasteiger partial charge in [-0.15, -0.1) is 6.58 Å². The molecule has 0 saturated heterocycles. The molecule has 0 aromatic rings. The fourth-order valence-electron chi connectivity index (χ4n) is 1.13. The van der Waals surface area contributed by atoms with Crippen LogP contribution < -0.4 is 5.32 Å². The summed E-state index contributed by atoms with van der Waals surface area (Å²) in [6.45, 7) is 10.3. The van der Waals surface area contributed by atoms with Gasteiger partial charge in [-0.05, 0) is 39.3 Å². The molecule has 0 aliphatic heterocycles. The lowest BCUT2D eigenvalue weighted by atomic mass is 10.2. The third-order valence-electron chi connectivity index (χ3n) is 2.05. The Morgan fingerprint density at radius 2 is 1.93 bits per heavy atom. The van der Waals surface area contributed by atoms with Crippen LogP contribution in [0.2, 0.25) is 0 Å². The zero-order valence-corrected chi connectivity index (χ0v) is 10.2. The number of methoxy groups -OCH3 is 1. The van der Waals surface area contributed by atoms with Gasteiger partial charge in [-0.1, -0.05) is 5.57 Å². The van der Waals surface area contributed by atoms with Gasteiger partial charge < -0.3 is 14.8 Å². The Labute approximate surface area is 93.8 Å². The molecule has 0 heterocycles. The largest absolute Gasteiger partial charge is 0.382 e. The topological polar surface area (TPSA) is 30.5 Å². The van der Waals surface area contributed by atoms with E-state index in [-0.39, 0.29) is 0 Å². The van der Waals surface area contributed by atoms with E-state index in [1.54, 1.807) is 7.11 Å². The second-order valence-electron chi connectivity index (χ2n) is 3.77. The summed E-state index contributed by atoms with van der Waals surface area (Å²) in [4.78, 5) is 0. The van der Waals surface area contributed by atoms with Gasteiger partial charge in [-0.2, -0.15) is 0 Å². The molecular weight excluding hydrogens is 190 g/mol. The van der Waals surface area contributed by atoms with Crippen LogP contribution in [0.4, 0.5) is 0 Å². The van der Waals surface area contributed by atoms with Crippen molar-refractivity contribution < 1.29 is 9.47 Å². The second-order valence-corrected chi connectivity index (χ2v) is 3.77. The highest BCUT2D eigenvalue weighted by Gasteiger charge is 1.91. The van der Waals surface area contributed by atoms with Crippen LogP contribution in [0.25, 0.3) is 0 Å². The summed E-state index contributed by atoms with van der Waals surface area (Å²) in [5.74, 6) is 0.